The molecule has 0 saturated carbocycles. The van der Waals surface area contributed by atoms with Gasteiger partial charge in [-0.2, -0.15) is 27.8 Å². The van der Waals surface area contributed by atoms with E-state index in [1.807, 2.05) is 0 Å². The zero-order valence-electron chi connectivity index (χ0n) is 14.2. The number of hydrogen-bond donors (Lipinski definition) is 0. The van der Waals surface area contributed by atoms with E-state index in [1.54, 1.807) is 84.6 Å². The van der Waals surface area contributed by atoms with Gasteiger partial charge in [-0.05, 0) is 18.2 Å². The zero-order valence-corrected chi connectivity index (χ0v) is 15.0. The van der Waals surface area contributed by atoms with Crippen LogP contribution in [0.4, 0.5) is 0 Å². The van der Waals surface area contributed by atoms with Gasteiger partial charge in [-0.15, -0.1) is 0 Å². The lowest BCUT2D eigenvalue weighted by atomic mass is 10.2. The smallest absolute Gasteiger partial charge is 0.275 e. The summed E-state index contributed by atoms with van der Waals surface area (Å²) in [5, 5.41) is 12.6. The Bertz CT molecular complexity index is 1170. The Morgan fingerprint density at radius 3 is 2.08 bits per heavy atom. The fraction of sp³-hybridized carbons (Fsp3) is 0.118. The highest BCUT2D eigenvalue weighted by Crippen LogP contribution is 2.28. The van der Waals surface area contributed by atoms with Gasteiger partial charge < -0.3 is 0 Å². The van der Waals surface area contributed by atoms with E-state index < -0.39 is 10.0 Å². The van der Waals surface area contributed by atoms with E-state index in [0.717, 1.165) is 9.65 Å². The minimum Gasteiger partial charge on any atom is -0.275 e. The molecule has 0 saturated heterocycles. The van der Waals surface area contributed by atoms with Crippen LogP contribution in [0.15, 0.2) is 66.1 Å². The van der Waals surface area contributed by atoms with Crippen molar-refractivity contribution < 1.29 is 8.42 Å². The van der Waals surface area contributed by atoms with E-state index in [0.29, 0.717) is 17.0 Å². The Hall–Kier alpha value is -3.20. The number of aromatic nitrogens is 6. The third kappa shape index (κ3) is 2.72. The largest absolute Gasteiger partial charge is 0.283 e. The molecule has 0 unspecified atom stereocenters. The molecule has 0 radical (unpaired) electrons. The van der Waals surface area contributed by atoms with Gasteiger partial charge in [0.05, 0.1) is 28.7 Å². The summed E-state index contributed by atoms with van der Waals surface area (Å²) in [7, 11) is -0.277. The van der Waals surface area contributed by atoms with Crippen molar-refractivity contribution in [3.63, 3.8) is 0 Å². The van der Waals surface area contributed by atoms with Crippen LogP contribution in [0.2, 0.25) is 0 Å². The van der Waals surface area contributed by atoms with Gasteiger partial charge in [0.1, 0.15) is 0 Å². The summed E-state index contributed by atoms with van der Waals surface area (Å²) in [6.07, 6.45) is 6.80. The van der Waals surface area contributed by atoms with Gasteiger partial charge in [0.15, 0.2) is 0 Å². The minimum atomic E-state index is -3.85. The quantitative estimate of drug-likeness (QED) is 0.549. The molecular formula is C17H16N6O2S. The molecule has 4 rings (SSSR count). The summed E-state index contributed by atoms with van der Waals surface area (Å²) in [6, 6.07) is 9.96. The van der Waals surface area contributed by atoms with Gasteiger partial charge >= 0.3 is 0 Å². The van der Waals surface area contributed by atoms with E-state index in [-0.39, 0.29) is 4.90 Å². The van der Waals surface area contributed by atoms with E-state index in [1.165, 1.54) is 0 Å². The maximum Gasteiger partial charge on any atom is 0.283 e. The van der Waals surface area contributed by atoms with Crippen molar-refractivity contribution in [1.29, 1.82) is 0 Å². The van der Waals surface area contributed by atoms with Crippen molar-refractivity contribution in [2.24, 2.45) is 14.1 Å². The van der Waals surface area contributed by atoms with Crippen LogP contribution in [-0.4, -0.2) is 37.2 Å². The lowest BCUT2D eigenvalue weighted by molar-refractivity contribution is 0.581. The molecule has 0 aliphatic heterocycles. The van der Waals surface area contributed by atoms with Gasteiger partial charge in [0.25, 0.3) is 10.0 Å². The summed E-state index contributed by atoms with van der Waals surface area (Å²) in [5.41, 5.74) is 2.37. The van der Waals surface area contributed by atoms with Crippen molar-refractivity contribution in [2.45, 2.75) is 4.90 Å². The maximum absolute atomic E-state index is 13.1. The van der Waals surface area contributed by atoms with Crippen molar-refractivity contribution in [1.82, 2.24) is 28.7 Å². The third-order valence-electron chi connectivity index (χ3n) is 3.95. The van der Waals surface area contributed by atoms with Crippen LogP contribution in [0, 0.1) is 0 Å². The average Bonchev–Trinajstić information content (AvgIpc) is 3.34. The Morgan fingerprint density at radius 1 is 0.885 bits per heavy atom. The molecule has 0 N–H and O–H groups in total. The SMILES string of the molecule is Cn1cc(-c2cc(-c3cnn(C)c3)n(S(=O)(=O)c3ccccc3)n2)cn1. The Labute approximate surface area is 150 Å². The molecular weight excluding hydrogens is 352 g/mol. The number of aryl methyl sites for hydroxylation is 2. The van der Waals surface area contributed by atoms with Crippen LogP contribution in [0.3, 0.4) is 0 Å². The molecule has 0 aliphatic rings. The first-order chi connectivity index (χ1) is 12.4. The Balaban J connectivity index is 1.94. The predicted molar refractivity (Wildman–Crippen MR) is 95.7 cm³/mol. The number of nitrogens with zero attached hydrogens (tertiary/aromatic N) is 6. The molecule has 9 heteroatoms. The summed E-state index contributed by atoms with van der Waals surface area (Å²) in [6.45, 7) is 0. The first-order valence-electron chi connectivity index (χ1n) is 7.84. The molecule has 0 aliphatic carbocycles. The Kier molecular flexibility index (Phi) is 3.73. The Morgan fingerprint density at radius 2 is 1.50 bits per heavy atom. The van der Waals surface area contributed by atoms with E-state index >= 15 is 0 Å². The summed E-state index contributed by atoms with van der Waals surface area (Å²) in [4.78, 5) is 0.172. The molecule has 1 aromatic carbocycles. The van der Waals surface area contributed by atoms with Crippen LogP contribution in [-0.2, 0) is 24.1 Å². The first kappa shape index (κ1) is 16.3. The van der Waals surface area contributed by atoms with E-state index in [9.17, 15) is 8.42 Å². The lowest BCUT2D eigenvalue weighted by Gasteiger charge is -2.07. The van der Waals surface area contributed by atoms with Crippen molar-refractivity contribution in [2.75, 3.05) is 0 Å². The van der Waals surface area contributed by atoms with E-state index in [2.05, 4.69) is 15.3 Å². The highest BCUT2D eigenvalue weighted by molar-refractivity contribution is 7.90. The van der Waals surface area contributed by atoms with Crippen LogP contribution in [0.1, 0.15) is 0 Å². The second kappa shape index (κ2) is 5.95. The molecule has 0 atom stereocenters. The fourth-order valence-corrected chi connectivity index (χ4v) is 4.00. The summed E-state index contributed by atoms with van der Waals surface area (Å²) in [5.74, 6) is 0. The van der Waals surface area contributed by atoms with Crippen molar-refractivity contribution in [3.8, 4) is 22.5 Å². The van der Waals surface area contributed by atoms with Crippen molar-refractivity contribution >= 4 is 10.0 Å². The fourth-order valence-electron chi connectivity index (χ4n) is 2.68. The molecule has 3 aromatic heterocycles. The molecule has 0 fully saturated rings. The third-order valence-corrected chi connectivity index (χ3v) is 5.55. The zero-order chi connectivity index (χ0) is 18.3. The lowest BCUT2D eigenvalue weighted by Crippen LogP contribution is -2.15. The highest BCUT2D eigenvalue weighted by Gasteiger charge is 2.24. The molecule has 3 heterocycles. The maximum atomic E-state index is 13.1. The van der Waals surface area contributed by atoms with Gasteiger partial charge in [-0.1, -0.05) is 18.2 Å². The summed E-state index contributed by atoms with van der Waals surface area (Å²) >= 11 is 0. The predicted octanol–water partition coefficient (Wildman–Crippen LogP) is 1.92. The van der Waals surface area contributed by atoms with Crippen LogP contribution < -0.4 is 0 Å². The van der Waals surface area contributed by atoms with Gasteiger partial charge in [-0.3, -0.25) is 9.36 Å². The molecule has 132 valence electrons. The number of hydrogen-bond acceptors (Lipinski definition) is 5. The highest BCUT2D eigenvalue weighted by atomic mass is 32.2. The first-order valence-corrected chi connectivity index (χ1v) is 9.28. The monoisotopic (exact) mass is 368 g/mol. The molecule has 0 spiro atoms. The standard InChI is InChI=1S/C17H16N6O2S/c1-21-11-13(9-18-21)16-8-17(14-10-19-22(2)12-14)23(20-16)26(24,25)15-6-4-3-5-7-15/h3-12H,1-2H3. The molecule has 26 heavy (non-hydrogen) atoms. The van der Waals surface area contributed by atoms with Gasteiger partial charge in [0.2, 0.25) is 0 Å². The van der Waals surface area contributed by atoms with Gasteiger partial charge in [0, 0.05) is 37.6 Å². The van der Waals surface area contributed by atoms with E-state index in [4.69, 9.17) is 0 Å². The number of benzene rings is 1. The second-order valence-corrected chi connectivity index (χ2v) is 7.65. The topological polar surface area (TPSA) is 87.6 Å². The molecule has 0 amide bonds. The molecule has 8 nitrogen and oxygen atoms in total. The normalized spacial score (nSPS) is 11.8. The van der Waals surface area contributed by atoms with Gasteiger partial charge in [-0.25, -0.2) is 0 Å². The van der Waals surface area contributed by atoms with Crippen LogP contribution in [0.5, 0.6) is 0 Å². The number of rotatable bonds is 4. The molecule has 4 aromatic rings. The second-order valence-electron chi connectivity index (χ2n) is 5.88. The van der Waals surface area contributed by atoms with Crippen LogP contribution in [0.25, 0.3) is 22.5 Å². The van der Waals surface area contributed by atoms with Crippen LogP contribution >= 0.6 is 0 Å². The summed E-state index contributed by atoms with van der Waals surface area (Å²) < 4.78 is 30.6. The minimum absolute atomic E-state index is 0.172. The van der Waals surface area contributed by atoms with Crippen molar-refractivity contribution in [3.05, 3.63) is 61.2 Å². The molecule has 0 bridgehead atoms. The average molecular weight is 368 g/mol.